The molecule has 2 unspecified atom stereocenters. The summed E-state index contributed by atoms with van der Waals surface area (Å²) in [5, 5.41) is 7.94. The highest BCUT2D eigenvalue weighted by Crippen LogP contribution is 2.27. The van der Waals surface area contributed by atoms with Crippen LogP contribution in [0.15, 0.2) is 42.7 Å². The molecular weight excluding hydrogens is 248 g/mol. The van der Waals surface area contributed by atoms with E-state index in [2.05, 4.69) is 34.7 Å². The van der Waals surface area contributed by atoms with Gasteiger partial charge < -0.3 is 11.1 Å². The van der Waals surface area contributed by atoms with E-state index < -0.39 is 0 Å². The van der Waals surface area contributed by atoms with E-state index >= 15 is 0 Å². The predicted octanol–water partition coefficient (Wildman–Crippen LogP) is 2.80. The second kappa shape index (κ2) is 6.09. The molecule has 20 heavy (non-hydrogen) atoms. The SMILES string of the molecule is NCC1CCCCC1Nc1cccc(-n2cccn2)c1. The molecule has 0 aliphatic heterocycles. The van der Waals surface area contributed by atoms with Crippen molar-refractivity contribution in [3.05, 3.63) is 42.7 Å². The first-order chi connectivity index (χ1) is 9.86. The second-order valence-corrected chi connectivity index (χ2v) is 5.53. The maximum absolute atomic E-state index is 5.90. The molecule has 1 heterocycles. The third kappa shape index (κ3) is 2.85. The van der Waals surface area contributed by atoms with Crippen molar-refractivity contribution >= 4 is 5.69 Å². The zero-order valence-corrected chi connectivity index (χ0v) is 11.7. The van der Waals surface area contributed by atoms with Gasteiger partial charge in [-0.1, -0.05) is 18.9 Å². The molecule has 1 fully saturated rings. The fraction of sp³-hybridized carbons (Fsp3) is 0.438. The summed E-state index contributed by atoms with van der Waals surface area (Å²) in [7, 11) is 0. The van der Waals surface area contributed by atoms with Gasteiger partial charge in [0.15, 0.2) is 0 Å². The molecule has 1 aromatic heterocycles. The van der Waals surface area contributed by atoms with Crippen molar-refractivity contribution in [2.75, 3.05) is 11.9 Å². The quantitative estimate of drug-likeness (QED) is 0.898. The van der Waals surface area contributed by atoms with E-state index in [-0.39, 0.29) is 0 Å². The van der Waals surface area contributed by atoms with Gasteiger partial charge in [0.1, 0.15) is 0 Å². The first kappa shape index (κ1) is 13.2. The number of benzene rings is 1. The van der Waals surface area contributed by atoms with Gasteiger partial charge in [0.2, 0.25) is 0 Å². The summed E-state index contributed by atoms with van der Waals surface area (Å²) in [6, 6.07) is 10.8. The number of hydrogen-bond acceptors (Lipinski definition) is 3. The lowest BCUT2D eigenvalue weighted by Crippen LogP contribution is -2.36. The zero-order valence-electron chi connectivity index (χ0n) is 11.7. The Morgan fingerprint density at radius 3 is 2.95 bits per heavy atom. The number of nitrogens with one attached hydrogen (secondary N) is 1. The summed E-state index contributed by atoms with van der Waals surface area (Å²) in [6.07, 6.45) is 8.83. The van der Waals surface area contributed by atoms with E-state index in [9.17, 15) is 0 Å². The maximum atomic E-state index is 5.90. The molecule has 0 amide bonds. The van der Waals surface area contributed by atoms with Gasteiger partial charge in [-0.05, 0) is 49.6 Å². The fourth-order valence-corrected chi connectivity index (χ4v) is 3.05. The van der Waals surface area contributed by atoms with E-state index in [1.165, 1.54) is 25.7 Å². The smallest absolute Gasteiger partial charge is 0.0666 e. The van der Waals surface area contributed by atoms with Crippen LogP contribution >= 0.6 is 0 Å². The Balaban J connectivity index is 1.75. The monoisotopic (exact) mass is 270 g/mol. The lowest BCUT2D eigenvalue weighted by atomic mass is 9.84. The molecule has 0 radical (unpaired) electrons. The van der Waals surface area contributed by atoms with E-state index in [1.54, 1.807) is 6.20 Å². The minimum Gasteiger partial charge on any atom is -0.382 e. The summed E-state index contributed by atoms with van der Waals surface area (Å²) in [6.45, 7) is 0.774. The van der Waals surface area contributed by atoms with Gasteiger partial charge in [-0.15, -0.1) is 0 Å². The second-order valence-electron chi connectivity index (χ2n) is 5.53. The van der Waals surface area contributed by atoms with Crippen molar-refractivity contribution in [3.8, 4) is 5.69 Å². The van der Waals surface area contributed by atoms with Gasteiger partial charge in [-0.3, -0.25) is 0 Å². The molecule has 1 saturated carbocycles. The Labute approximate surface area is 120 Å². The Bertz CT molecular complexity index is 535. The molecule has 3 N–H and O–H groups in total. The van der Waals surface area contributed by atoms with Crippen LogP contribution in [-0.4, -0.2) is 22.4 Å². The van der Waals surface area contributed by atoms with Crippen LogP contribution in [0, 0.1) is 5.92 Å². The van der Waals surface area contributed by atoms with Gasteiger partial charge in [0.25, 0.3) is 0 Å². The standard InChI is InChI=1S/C16H22N4/c17-12-13-5-1-2-8-16(13)19-14-6-3-7-15(11-14)20-10-4-9-18-20/h3-4,6-7,9-11,13,16,19H,1-2,5,8,12,17H2. The third-order valence-corrected chi connectivity index (χ3v) is 4.18. The van der Waals surface area contributed by atoms with Gasteiger partial charge in [-0.2, -0.15) is 5.10 Å². The average Bonchev–Trinajstić information content (AvgIpc) is 3.02. The van der Waals surface area contributed by atoms with Gasteiger partial charge in [0, 0.05) is 24.1 Å². The van der Waals surface area contributed by atoms with Crippen molar-refractivity contribution in [2.45, 2.75) is 31.7 Å². The average molecular weight is 270 g/mol. The number of nitrogens with two attached hydrogens (primary N) is 1. The van der Waals surface area contributed by atoms with Crippen LogP contribution < -0.4 is 11.1 Å². The van der Waals surface area contributed by atoms with Crippen LogP contribution in [0.4, 0.5) is 5.69 Å². The molecule has 0 spiro atoms. The number of anilines is 1. The third-order valence-electron chi connectivity index (χ3n) is 4.18. The van der Waals surface area contributed by atoms with Crippen LogP contribution in [0.25, 0.3) is 5.69 Å². The minimum atomic E-state index is 0.502. The highest BCUT2D eigenvalue weighted by molar-refractivity contribution is 5.51. The number of nitrogens with zero attached hydrogens (tertiary/aromatic N) is 2. The summed E-state index contributed by atoms with van der Waals surface area (Å²) in [5.74, 6) is 0.595. The van der Waals surface area contributed by atoms with Crippen LogP contribution in [0.5, 0.6) is 0 Å². The lowest BCUT2D eigenvalue weighted by Gasteiger charge is -2.32. The number of aromatic nitrogens is 2. The predicted molar refractivity (Wildman–Crippen MR) is 82.0 cm³/mol. The normalized spacial score (nSPS) is 22.6. The van der Waals surface area contributed by atoms with Crippen LogP contribution in [-0.2, 0) is 0 Å². The Morgan fingerprint density at radius 1 is 1.25 bits per heavy atom. The van der Waals surface area contributed by atoms with E-state index in [0.717, 1.165) is 17.9 Å². The summed E-state index contributed by atoms with van der Waals surface area (Å²) in [4.78, 5) is 0. The molecule has 1 aromatic carbocycles. The minimum absolute atomic E-state index is 0.502. The summed E-state index contributed by atoms with van der Waals surface area (Å²) >= 11 is 0. The van der Waals surface area contributed by atoms with E-state index in [0.29, 0.717) is 12.0 Å². The fourth-order valence-electron chi connectivity index (χ4n) is 3.05. The topological polar surface area (TPSA) is 55.9 Å². The van der Waals surface area contributed by atoms with Crippen LogP contribution in [0.3, 0.4) is 0 Å². The number of hydrogen-bond donors (Lipinski definition) is 2. The molecule has 1 aliphatic carbocycles. The van der Waals surface area contributed by atoms with Crippen molar-refractivity contribution in [1.29, 1.82) is 0 Å². The molecule has 4 heteroatoms. The van der Waals surface area contributed by atoms with Gasteiger partial charge in [-0.25, -0.2) is 4.68 Å². The largest absolute Gasteiger partial charge is 0.382 e. The summed E-state index contributed by atoms with van der Waals surface area (Å²) < 4.78 is 1.88. The van der Waals surface area contributed by atoms with Gasteiger partial charge >= 0.3 is 0 Å². The molecule has 0 saturated heterocycles. The molecular formula is C16H22N4. The van der Waals surface area contributed by atoms with Gasteiger partial charge in [0.05, 0.1) is 5.69 Å². The van der Waals surface area contributed by atoms with Crippen molar-refractivity contribution < 1.29 is 0 Å². The van der Waals surface area contributed by atoms with Crippen molar-refractivity contribution in [1.82, 2.24) is 9.78 Å². The highest BCUT2D eigenvalue weighted by Gasteiger charge is 2.23. The van der Waals surface area contributed by atoms with Crippen molar-refractivity contribution in [2.24, 2.45) is 11.7 Å². The molecule has 0 bridgehead atoms. The van der Waals surface area contributed by atoms with Crippen molar-refractivity contribution in [3.63, 3.8) is 0 Å². The highest BCUT2D eigenvalue weighted by atomic mass is 15.3. The zero-order chi connectivity index (χ0) is 13.8. The molecule has 1 aliphatic rings. The lowest BCUT2D eigenvalue weighted by molar-refractivity contribution is 0.332. The molecule has 2 atom stereocenters. The van der Waals surface area contributed by atoms with Crippen LogP contribution in [0.1, 0.15) is 25.7 Å². The van der Waals surface area contributed by atoms with E-state index in [4.69, 9.17) is 5.73 Å². The molecule has 2 aromatic rings. The summed E-state index contributed by atoms with van der Waals surface area (Å²) in [5.41, 5.74) is 8.14. The molecule has 4 nitrogen and oxygen atoms in total. The molecule has 106 valence electrons. The van der Waals surface area contributed by atoms with E-state index in [1.807, 2.05) is 16.9 Å². The Kier molecular flexibility index (Phi) is 4.02. The Hall–Kier alpha value is -1.81. The first-order valence-corrected chi connectivity index (χ1v) is 7.43. The Morgan fingerprint density at radius 2 is 2.15 bits per heavy atom. The number of rotatable bonds is 4. The molecule has 3 rings (SSSR count). The first-order valence-electron chi connectivity index (χ1n) is 7.43. The van der Waals surface area contributed by atoms with Crippen LogP contribution in [0.2, 0.25) is 0 Å². The maximum Gasteiger partial charge on any atom is 0.0666 e.